The van der Waals surface area contributed by atoms with Crippen LogP contribution >= 0.6 is 0 Å². The molecule has 0 bridgehead atoms. The predicted molar refractivity (Wildman–Crippen MR) is 92.4 cm³/mol. The van der Waals surface area contributed by atoms with Gasteiger partial charge in [0.25, 0.3) is 5.91 Å². The summed E-state index contributed by atoms with van der Waals surface area (Å²) in [6.45, 7) is 3.89. The molecule has 4 nitrogen and oxygen atoms in total. The molecule has 1 atom stereocenters. The average Bonchev–Trinajstić information content (AvgIpc) is 2.57. The summed E-state index contributed by atoms with van der Waals surface area (Å²) in [5.41, 5.74) is 1.12. The van der Waals surface area contributed by atoms with Crippen LogP contribution in [0.4, 0.5) is 10.1 Å². The first kappa shape index (κ1) is 17.7. The number of carbonyl (C=O) groups excluding carboxylic acids is 2. The van der Waals surface area contributed by atoms with E-state index < -0.39 is 5.82 Å². The van der Waals surface area contributed by atoms with Gasteiger partial charge in [-0.1, -0.05) is 37.3 Å². The van der Waals surface area contributed by atoms with Gasteiger partial charge in [0.1, 0.15) is 5.82 Å². The summed E-state index contributed by atoms with van der Waals surface area (Å²) in [7, 11) is 0. The van der Waals surface area contributed by atoms with E-state index in [1.165, 1.54) is 6.07 Å². The van der Waals surface area contributed by atoms with Crippen molar-refractivity contribution < 1.29 is 14.0 Å². The molecule has 0 spiro atoms. The van der Waals surface area contributed by atoms with E-state index in [4.69, 9.17) is 0 Å². The lowest BCUT2D eigenvalue weighted by Gasteiger charge is -2.14. The standard InChI is InChI=1S/C19H21FN2O2/c1-3-13(2)21-19(24)15-9-5-7-11-17(15)22-18(23)12-14-8-4-6-10-16(14)20/h4-11,13H,3,12H2,1-2H3,(H,21,24)(H,22,23)/t13-/m1/s1. The molecule has 0 aliphatic carbocycles. The predicted octanol–water partition coefficient (Wildman–Crippen LogP) is 3.54. The van der Waals surface area contributed by atoms with Crippen LogP contribution in [0.3, 0.4) is 0 Å². The van der Waals surface area contributed by atoms with E-state index in [0.717, 1.165) is 6.42 Å². The fraction of sp³-hybridized carbons (Fsp3) is 0.263. The molecular formula is C19H21FN2O2. The number of amides is 2. The van der Waals surface area contributed by atoms with E-state index in [1.54, 1.807) is 42.5 Å². The Balaban J connectivity index is 2.11. The minimum absolute atomic E-state index is 0.0414. The van der Waals surface area contributed by atoms with Crippen LogP contribution in [-0.2, 0) is 11.2 Å². The highest BCUT2D eigenvalue weighted by atomic mass is 19.1. The smallest absolute Gasteiger partial charge is 0.253 e. The first-order chi connectivity index (χ1) is 11.5. The number of carbonyl (C=O) groups is 2. The molecule has 0 heterocycles. The van der Waals surface area contributed by atoms with Gasteiger partial charge in [-0.05, 0) is 37.1 Å². The Morgan fingerprint density at radius 2 is 1.75 bits per heavy atom. The number of para-hydroxylation sites is 1. The summed E-state index contributed by atoms with van der Waals surface area (Å²) in [5, 5.41) is 5.56. The summed E-state index contributed by atoms with van der Waals surface area (Å²) >= 11 is 0. The Morgan fingerprint density at radius 1 is 1.08 bits per heavy atom. The van der Waals surface area contributed by atoms with Crippen molar-refractivity contribution in [3.63, 3.8) is 0 Å². The normalized spacial score (nSPS) is 11.6. The maximum absolute atomic E-state index is 13.6. The molecule has 0 fully saturated rings. The molecule has 0 unspecified atom stereocenters. The molecule has 0 aromatic heterocycles. The molecule has 2 aromatic rings. The van der Waals surface area contributed by atoms with Crippen LogP contribution in [0, 0.1) is 5.82 Å². The molecule has 0 saturated heterocycles. The molecule has 0 saturated carbocycles. The van der Waals surface area contributed by atoms with Gasteiger partial charge in [-0.3, -0.25) is 9.59 Å². The third-order valence-electron chi connectivity index (χ3n) is 3.74. The lowest BCUT2D eigenvalue weighted by molar-refractivity contribution is -0.115. The topological polar surface area (TPSA) is 58.2 Å². The zero-order chi connectivity index (χ0) is 17.5. The Hall–Kier alpha value is -2.69. The van der Waals surface area contributed by atoms with Crippen molar-refractivity contribution in [2.75, 3.05) is 5.32 Å². The van der Waals surface area contributed by atoms with Crippen LogP contribution in [0.15, 0.2) is 48.5 Å². The number of nitrogens with one attached hydrogen (secondary N) is 2. The van der Waals surface area contributed by atoms with Crippen LogP contribution in [-0.4, -0.2) is 17.9 Å². The summed E-state index contributed by atoms with van der Waals surface area (Å²) in [4.78, 5) is 24.5. The number of anilines is 1. The highest BCUT2D eigenvalue weighted by Gasteiger charge is 2.15. The summed E-state index contributed by atoms with van der Waals surface area (Å²) in [6.07, 6.45) is 0.724. The van der Waals surface area contributed by atoms with Gasteiger partial charge in [0.2, 0.25) is 5.91 Å². The second-order valence-corrected chi connectivity index (χ2v) is 5.64. The van der Waals surface area contributed by atoms with Crippen molar-refractivity contribution >= 4 is 17.5 Å². The van der Waals surface area contributed by atoms with Gasteiger partial charge in [-0.25, -0.2) is 4.39 Å². The van der Waals surface area contributed by atoms with E-state index in [2.05, 4.69) is 10.6 Å². The summed E-state index contributed by atoms with van der Waals surface area (Å²) in [5.74, 6) is -1.04. The lowest BCUT2D eigenvalue weighted by atomic mass is 10.1. The van der Waals surface area contributed by atoms with Gasteiger partial charge in [0, 0.05) is 6.04 Å². The maximum atomic E-state index is 13.6. The first-order valence-electron chi connectivity index (χ1n) is 7.94. The molecule has 0 aliphatic heterocycles. The van der Waals surface area contributed by atoms with Gasteiger partial charge in [0.05, 0.1) is 17.7 Å². The van der Waals surface area contributed by atoms with Gasteiger partial charge in [-0.2, -0.15) is 0 Å². The number of halogens is 1. The third kappa shape index (κ3) is 4.65. The molecule has 2 aromatic carbocycles. The van der Waals surface area contributed by atoms with Crippen molar-refractivity contribution in [1.82, 2.24) is 5.32 Å². The van der Waals surface area contributed by atoms with Crippen LogP contribution < -0.4 is 10.6 Å². The monoisotopic (exact) mass is 328 g/mol. The van der Waals surface area contributed by atoms with Crippen LogP contribution in [0.2, 0.25) is 0 Å². The van der Waals surface area contributed by atoms with Crippen molar-refractivity contribution in [2.45, 2.75) is 32.7 Å². The van der Waals surface area contributed by atoms with Crippen LogP contribution in [0.25, 0.3) is 0 Å². The van der Waals surface area contributed by atoms with Crippen molar-refractivity contribution in [2.24, 2.45) is 0 Å². The summed E-state index contributed by atoms with van der Waals surface area (Å²) < 4.78 is 13.6. The molecule has 2 rings (SSSR count). The quantitative estimate of drug-likeness (QED) is 0.852. The second kappa shape index (κ2) is 8.24. The molecule has 2 amide bonds. The van der Waals surface area contributed by atoms with Crippen LogP contribution in [0.5, 0.6) is 0 Å². The highest BCUT2D eigenvalue weighted by molar-refractivity contribution is 6.04. The number of benzene rings is 2. The Morgan fingerprint density at radius 3 is 2.46 bits per heavy atom. The maximum Gasteiger partial charge on any atom is 0.253 e. The number of hydrogen-bond donors (Lipinski definition) is 2. The molecule has 2 N–H and O–H groups in total. The molecule has 5 heteroatoms. The Labute approximate surface area is 141 Å². The van der Waals surface area contributed by atoms with E-state index in [-0.39, 0.29) is 24.3 Å². The van der Waals surface area contributed by atoms with Gasteiger partial charge < -0.3 is 10.6 Å². The first-order valence-corrected chi connectivity index (χ1v) is 7.94. The van der Waals surface area contributed by atoms with Gasteiger partial charge >= 0.3 is 0 Å². The average molecular weight is 328 g/mol. The summed E-state index contributed by atoms with van der Waals surface area (Å²) in [6, 6.07) is 13.0. The van der Waals surface area contributed by atoms with E-state index >= 15 is 0 Å². The number of hydrogen-bond acceptors (Lipinski definition) is 2. The number of rotatable bonds is 6. The highest BCUT2D eigenvalue weighted by Crippen LogP contribution is 2.16. The minimum Gasteiger partial charge on any atom is -0.350 e. The minimum atomic E-state index is -0.421. The van der Waals surface area contributed by atoms with Crippen molar-refractivity contribution in [3.8, 4) is 0 Å². The van der Waals surface area contributed by atoms with Crippen LogP contribution in [0.1, 0.15) is 36.2 Å². The molecule has 0 radical (unpaired) electrons. The fourth-order valence-electron chi connectivity index (χ4n) is 2.20. The van der Waals surface area contributed by atoms with E-state index in [0.29, 0.717) is 16.8 Å². The van der Waals surface area contributed by atoms with Crippen molar-refractivity contribution in [1.29, 1.82) is 0 Å². The molecule has 24 heavy (non-hydrogen) atoms. The van der Waals surface area contributed by atoms with Gasteiger partial charge in [-0.15, -0.1) is 0 Å². The van der Waals surface area contributed by atoms with Gasteiger partial charge in [0.15, 0.2) is 0 Å². The molecule has 0 aliphatic rings. The lowest BCUT2D eigenvalue weighted by Crippen LogP contribution is -2.32. The second-order valence-electron chi connectivity index (χ2n) is 5.64. The zero-order valence-electron chi connectivity index (χ0n) is 13.8. The molecule has 126 valence electrons. The largest absolute Gasteiger partial charge is 0.350 e. The fourth-order valence-corrected chi connectivity index (χ4v) is 2.20. The van der Waals surface area contributed by atoms with Crippen molar-refractivity contribution in [3.05, 3.63) is 65.5 Å². The van der Waals surface area contributed by atoms with E-state index in [1.807, 2.05) is 13.8 Å². The third-order valence-corrected chi connectivity index (χ3v) is 3.74. The zero-order valence-corrected chi connectivity index (χ0v) is 13.8. The van der Waals surface area contributed by atoms with E-state index in [9.17, 15) is 14.0 Å². The Bertz CT molecular complexity index is 731. The molecular weight excluding hydrogens is 307 g/mol. The SMILES string of the molecule is CC[C@@H](C)NC(=O)c1ccccc1NC(=O)Cc1ccccc1F. The Kier molecular flexibility index (Phi) is 6.07.